The van der Waals surface area contributed by atoms with E-state index in [1.807, 2.05) is 19.9 Å². The molecule has 0 amide bonds. The van der Waals surface area contributed by atoms with Gasteiger partial charge in [-0.1, -0.05) is 26.8 Å². The largest absolute Gasteiger partial charge is 4.00 e. The van der Waals surface area contributed by atoms with Crippen molar-refractivity contribution in [2.45, 2.75) is 53.6 Å². The minimum atomic E-state index is 0. The second-order valence-corrected chi connectivity index (χ2v) is 5.21. The fourth-order valence-corrected chi connectivity index (χ4v) is 1.19. The summed E-state index contributed by atoms with van der Waals surface area (Å²) in [4.78, 5) is 4.40. The van der Waals surface area contributed by atoms with E-state index in [1.165, 1.54) is 0 Å². The predicted molar refractivity (Wildman–Crippen MR) is 106 cm³/mol. The summed E-state index contributed by atoms with van der Waals surface area (Å²) in [6, 6.07) is 0.728. The summed E-state index contributed by atoms with van der Waals surface area (Å²) >= 11 is 0. The molecule has 0 saturated heterocycles. The molecule has 0 atom stereocenters. The maximum Gasteiger partial charge on any atom is 4.00 e. The van der Waals surface area contributed by atoms with Gasteiger partial charge in [-0.15, -0.1) is 6.04 Å². The van der Waals surface area contributed by atoms with E-state index in [2.05, 4.69) is 54.0 Å². The van der Waals surface area contributed by atoms with Crippen LogP contribution in [-0.4, -0.2) is 60.1 Å². The molecule has 0 aliphatic heterocycles. The van der Waals surface area contributed by atoms with Crippen LogP contribution >= 0.6 is 0 Å². The summed E-state index contributed by atoms with van der Waals surface area (Å²) in [5.41, 5.74) is 2.11. The molecule has 0 aliphatic rings. The molecule has 0 unspecified atom stereocenters. The monoisotopic (exact) mass is 403 g/mol. The van der Waals surface area contributed by atoms with Crippen LogP contribution in [0.3, 0.4) is 0 Å². The Morgan fingerprint density at radius 3 is 1.30 bits per heavy atom. The van der Waals surface area contributed by atoms with Gasteiger partial charge in [-0.05, 0) is 20.8 Å². The van der Waals surface area contributed by atoms with E-state index in [-0.39, 0.29) is 26.2 Å². The van der Waals surface area contributed by atoms with Crippen molar-refractivity contribution in [2.75, 3.05) is 42.3 Å². The van der Waals surface area contributed by atoms with Gasteiger partial charge in [0.15, 0.2) is 0 Å². The Kier molecular flexibility index (Phi) is 44.7. The van der Waals surface area contributed by atoms with E-state index in [9.17, 15) is 0 Å². The van der Waals surface area contributed by atoms with Gasteiger partial charge in [-0.3, -0.25) is 4.99 Å². The van der Waals surface area contributed by atoms with Gasteiger partial charge < -0.3 is 21.3 Å². The van der Waals surface area contributed by atoms with Gasteiger partial charge in [0.25, 0.3) is 0 Å². The zero-order chi connectivity index (χ0) is 18.6. The molecule has 0 saturated carbocycles. The fraction of sp³-hybridized carbons (Fsp3) is 0.824. The zero-order valence-corrected chi connectivity index (χ0v) is 19.9. The van der Waals surface area contributed by atoms with E-state index < -0.39 is 0 Å². The fourth-order valence-electron chi connectivity index (χ4n) is 1.19. The number of aliphatic imine (C=N–C) groups is 1. The van der Waals surface area contributed by atoms with Gasteiger partial charge >= 0.3 is 26.2 Å². The van der Waals surface area contributed by atoms with Gasteiger partial charge in [0.2, 0.25) is 0 Å². The molecule has 5 nitrogen and oxygen atoms in total. The first-order chi connectivity index (χ1) is 10.2. The first-order valence-electron chi connectivity index (χ1n) is 7.53. The number of rotatable bonds is 4. The van der Waals surface area contributed by atoms with Crippen molar-refractivity contribution in [3.05, 3.63) is 33.0 Å². The Hall–Kier alpha value is -0.0269. The quantitative estimate of drug-likeness (QED) is 0.563. The van der Waals surface area contributed by atoms with Gasteiger partial charge in [-0.25, -0.2) is 0 Å². The summed E-state index contributed by atoms with van der Waals surface area (Å²) < 4.78 is 0. The average molecular weight is 405 g/mol. The Labute approximate surface area is 165 Å². The van der Waals surface area contributed by atoms with Crippen LogP contribution in [0.25, 0.3) is 21.3 Å². The van der Waals surface area contributed by atoms with E-state index >= 15 is 0 Å². The minimum absolute atomic E-state index is 0. The van der Waals surface area contributed by atoms with Crippen molar-refractivity contribution in [3.63, 3.8) is 0 Å². The molecule has 0 N–H and O–H groups in total. The maximum absolute atomic E-state index is 4.40. The second-order valence-electron chi connectivity index (χ2n) is 5.21. The number of allylic oxidation sites excluding steroid dienone is 2. The summed E-state index contributed by atoms with van der Waals surface area (Å²) in [5.74, 6) is 0. The average Bonchev–Trinajstić information content (AvgIpc) is 2.28. The van der Waals surface area contributed by atoms with Crippen LogP contribution in [0.1, 0.15) is 41.5 Å². The first kappa shape index (κ1) is 34.3. The third kappa shape index (κ3) is 61.1. The van der Waals surface area contributed by atoms with Crippen molar-refractivity contribution in [1.82, 2.24) is 0 Å². The molecule has 23 heavy (non-hydrogen) atoms. The molecular formula is C17H39N5Zr. The van der Waals surface area contributed by atoms with Crippen LogP contribution in [0.5, 0.6) is 0 Å². The maximum atomic E-state index is 4.40. The van der Waals surface area contributed by atoms with Crippen LogP contribution < -0.4 is 0 Å². The molecule has 0 aromatic rings. The van der Waals surface area contributed by atoms with Crippen LogP contribution in [-0.2, 0) is 26.2 Å². The standard InChI is InChI=1S/C11H21N2.3C2H6N.Zr/c1-8(2)12-10(5)7-11(6)13-9(3)4;3*1-3-2;/h7-9H,1-6H3;3*1-2H3;/q4*-1;+4/b10-7-,13-11?;;;;. The molecular weight excluding hydrogens is 365 g/mol. The first-order valence-corrected chi connectivity index (χ1v) is 7.53. The van der Waals surface area contributed by atoms with Gasteiger partial charge in [0, 0.05) is 11.8 Å². The molecule has 0 rings (SSSR count). The van der Waals surface area contributed by atoms with E-state index in [0.717, 1.165) is 11.4 Å². The second kappa shape index (κ2) is 29.9. The SMILES string of the molecule is CC(/C=C(/C)[N-]C(C)C)=NC(C)C.C[N-]C.C[N-]C.C[N-]C.[Zr+4]. The molecule has 0 fully saturated rings. The predicted octanol–water partition coefficient (Wildman–Crippen LogP) is 5.40. The number of nitrogens with zero attached hydrogens (tertiary/aromatic N) is 5. The normalized spacial score (nSPS) is 10.3. The van der Waals surface area contributed by atoms with E-state index in [4.69, 9.17) is 0 Å². The van der Waals surface area contributed by atoms with E-state index in [1.54, 1.807) is 42.3 Å². The molecule has 136 valence electrons. The molecule has 6 heteroatoms. The Morgan fingerprint density at radius 1 is 0.783 bits per heavy atom. The van der Waals surface area contributed by atoms with Crippen molar-refractivity contribution in [3.8, 4) is 0 Å². The van der Waals surface area contributed by atoms with Crippen molar-refractivity contribution in [1.29, 1.82) is 0 Å². The molecule has 0 bridgehead atoms. The summed E-state index contributed by atoms with van der Waals surface area (Å²) in [6.45, 7) is 12.3. The van der Waals surface area contributed by atoms with Crippen LogP contribution in [0.2, 0.25) is 0 Å². The van der Waals surface area contributed by atoms with Gasteiger partial charge in [0.05, 0.1) is 0 Å². The topological polar surface area (TPSA) is 68.8 Å². The number of hydrogen-bond acceptors (Lipinski definition) is 1. The van der Waals surface area contributed by atoms with Crippen molar-refractivity contribution >= 4 is 5.71 Å². The van der Waals surface area contributed by atoms with Crippen molar-refractivity contribution in [2.24, 2.45) is 4.99 Å². The van der Waals surface area contributed by atoms with Gasteiger partial charge in [0.1, 0.15) is 0 Å². The smallest absolute Gasteiger partial charge is 0.686 e. The molecule has 0 spiro atoms. The zero-order valence-electron chi connectivity index (χ0n) is 17.5. The molecule has 0 heterocycles. The molecule has 0 aromatic heterocycles. The number of hydrogen-bond donors (Lipinski definition) is 0. The van der Waals surface area contributed by atoms with Crippen LogP contribution in [0.15, 0.2) is 16.8 Å². The minimum Gasteiger partial charge on any atom is -0.686 e. The summed E-state index contributed by atoms with van der Waals surface area (Å²) in [6.07, 6.45) is 2.03. The van der Waals surface area contributed by atoms with Crippen LogP contribution in [0, 0.1) is 0 Å². The third-order valence-electron chi connectivity index (χ3n) is 1.34. The third-order valence-corrected chi connectivity index (χ3v) is 1.34. The Balaban J connectivity index is -0.0000000900. The van der Waals surface area contributed by atoms with Gasteiger partial charge in [-0.2, -0.15) is 48.0 Å². The van der Waals surface area contributed by atoms with Crippen LogP contribution in [0.4, 0.5) is 0 Å². The molecule has 0 aromatic carbocycles. The molecule has 0 aliphatic carbocycles. The summed E-state index contributed by atoms with van der Waals surface area (Å²) in [7, 11) is 10.5. The Morgan fingerprint density at radius 2 is 1.09 bits per heavy atom. The summed E-state index contributed by atoms with van der Waals surface area (Å²) in [5, 5.41) is 14.9. The Bertz CT molecular complexity index is 247. The molecule has 0 radical (unpaired) electrons. The van der Waals surface area contributed by atoms with E-state index in [0.29, 0.717) is 12.1 Å². The van der Waals surface area contributed by atoms with Crippen molar-refractivity contribution < 1.29 is 26.2 Å².